The second-order valence-electron chi connectivity index (χ2n) is 3.88. The smallest absolute Gasteiger partial charge is 0.226 e. The van der Waals surface area contributed by atoms with Crippen LogP contribution in [0.4, 0.5) is 5.95 Å². The molecule has 1 unspecified atom stereocenters. The van der Waals surface area contributed by atoms with Crippen LogP contribution in [-0.2, 0) is 0 Å². The summed E-state index contributed by atoms with van der Waals surface area (Å²) in [6.45, 7) is 0.959. The van der Waals surface area contributed by atoms with Gasteiger partial charge < -0.3 is 10.0 Å². The molecule has 0 aromatic carbocycles. The number of hydrogen-bond acceptors (Lipinski definition) is 5. The van der Waals surface area contributed by atoms with E-state index in [1.807, 2.05) is 11.0 Å². The maximum Gasteiger partial charge on any atom is 0.226 e. The Morgan fingerprint density at radius 2 is 2.44 bits per heavy atom. The first kappa shape index (κ1) is 10.8. The third kappa shape index (κ3) is 2.12. The SMILES string of the molecule is N#Cc1ccnc(N2CCCCC2CO)n1. The van der Waals surface area contributed by atoms with Crippen molar-refractivity contribution in [1.29, 1.82) is 5.26 Å². The van der Waals surface area contributed by atoms with Crippen LogP contribution < -0.4 is 4.90 Å². The number of nitrogens with zero attached hydrogens (tertiary/aromatic N) is 4. The Labute approximate surface area is 94.4 Å². The lowest BCUT2D eigenvalue weighted by atomic mass is 10.0. The van der Waals surface area contributed by atoms with Crippen LogP contribution in [-0.4, -0.2) is 34.3 Å². The Morgan fingerprint density at radius 1 is 1.56 bits per heavy atom. The zero-order valence-electron chi connectivity index (χ0n) is 9.00. The number of aromatic nitrogens is 2. The molecule has 1 atom stereocenters. The second-order valence-corrected chi connectivity index (χ2v) is 3.88. The van der Waals surface area contributed by atoms with Gasteiger partial charge in [-0.25, -0.2) is 9.97 Å². The Kier molecular flexibility index (Phi) is 3.32. The van der Waals surface area contributed by atoms with Gasteiger partial charge in [0.2, 0.25) is 5.95 Å². The predicted octanol–water partition coefficient (Wildman–Crippen LogP) is 0.699. The molecule has 1 aromatic heterocycles. The molecule has 0 amide bonds. The summed E-state index contributed by atoms with van der Waals surface area (Å²) in [6, 6.07) is 3.67. The van der Waals surface area contributed by atoms with Gasteiger partial charge in [-0.2, -0.15) is 5.26 Å². The summed E-state index contributed by atoms with van der Waals surface area (Å²) in [7, 11) is 0. The highest BCUT2D eigenvalue weighted by molar-refractivity contribution is 5.35. The molecule has 5 nitrogen and oxygen atoms in total. The van der Waals surface area contributed by atoms with Gasteiger partial charge in [-0.3, -0.25) is 0 Å². The fourth-order valence-electron chi connectivity index (χ4n) is 2.00. The molecule has 1 N–H and O–H groups in total. The molecule has 2 heterocycles. The lowest BCUT2D eigenvalue weighted by Gasteiger charge is -2.34. The van der Waals surface area contributed by atoms with Crippen LogP contribution in [0.1, 0.15) is 25.0 Å². The van der Waals surface area contributed by atoms with Crippen molar-refractivity contribution in [2.75, 3.05) is 18.1 Å². The Balaban J connectivity index is 2.24. The molecule has 1 aliphatic rings. The molecule has 2 rings (SSSR count). The van der Waals surface area contributed by atoms with Gasteiger partial charge in [0.15, 0.2) is 0 Å². The van der Waals surface area contributed by atoms with Crippen molar-refractivity contribution in [3.63, 3.8) is 0 Å². The minimum atomic E-state index is 0.0858. The molecule has 1 saturated heterocycles. The van der Waals surface area contributed by atoms with Gasteiger partial charge in [0, 0.05) is 12.7 Å². The van der Waals surface area contributed by atoms with Crippen LogP contribution in [0.15, 0.2) is 12.3 Å². The average molecular weight is 218 g/mol. The summed E-state index contributed by atoms with van der Waals surface area (Å²) in [5.74, 6) is 0.554. The van der Waals surface area contributed by atoms with Gasteiger partial charge >= 0.3 is 0 Å². The maximum absolute atomic E-state index is 9.29. The van der Waals surface area contributed by atoms with Crippen molar-refractivity contribution in [3.8, 4) is 6.07 Å². The number of aliphatic hydroxyl groups excluding tert-OH is 1. The van der Waals surface area contributed by atoms with Crippen LogP contribution in [0.2, 0.25) is 0 Å². The Hall–Kier alpha value is -1.67. The van der Waals surface area contributed by atoms with Crippen LogP contribution in [0.25, 0.3) is 0 Å². The largest absolute Gasteiger partial charge is 0.394 e. The standard InChI is InChI=1S/C11H14N4O/c12-7-9-4-5-13-11(14-9)15-6-2-1-3-10(15)8-16/h4-5,10,16H,1-3,6,8H2. The first-order valence-electron chi connectivity index (χ1n) is 5.46. The van der Waals surface area contributed by atoms with Gasteiger partial charge in [-0.1, -0.05) is 0 Å². The summed E-state index contributed by atoms with van der Waals surface area (Å²) >= 11 is 0. The zero-order valence-corrected chi connectivity index (χ0v) is 9.00. The lowest BCUT2D eigenvalue weighted by Crippen LogP contribution is -2.42. The van der Waals surface area contributed by atoms with Crippen molar-refractivity contribution in [2.45, 2.75) is 25.3 Å². The number of hydrogen-bond donors (Lipinski definition) is 1. The van der Waals surface area contributed by atoms with Gasteiger partial charge in [-0.05, 0) is 25.3 Å². The van der Waals surface area contributed by atoms with E-state index < -0.39 is 0 Å². The van der Waals surface area contributed by atoms with E-state index in [2.05, 4.69) is 9.97 Å². The molecular weight excluding hydrogens is 204 g/mol. The molecule has 1 fully saturated rings. The predicted molar refractivity (Wildman–Crippen MR) is 58.8 cm³/mol. The van der Waals surface area contributed by atoms with Crippen LogP contribution in [0, 0.1) is 11.3 Å². The van der Waals surface area contributed by atoms with Crippen molar-refractivity contribution in [3.05, 3.63) is 18.0 Å². The van der Waals surface area contributed by atoms with E-state index >= 15 is 0 Å². The maximum atomic E-state index is 9.29. The first-order valence-corrected chi connectivity index (χ1v) is 5.46. The van der Waals surface area contributed by atoms with E-state index in [4.69, 9.17) is 5.26 Å². The molecule has 84 valence electrons. The second kappa shape index (κ2) is 4.90. The third-order valence-corrected chi connectivity index (χ3v) is 2.85. The fraction of sp³-hybridized carbons (Fsp3) is 0.545. The molecule has 16 heavy (non-hydrogen) atoms. The zero-order chi connectivity index (χ0) is 11.4. The van der Waals surface area contributed by atoms with E-state index in [0.717, 1.165) is 25.8 Å². The lowest BCUT2D eigenvalue weighted by molar-refractivity contribution is 0.239. The van der Waals surface area contributed by atoms with Gasteiger partial charge in [0.05, 0.1) is 12.6 Å². The fourth-order valence-corrected chi connectivity index (χ4v) is 2.00. The minimum absolute atomic E-state index is 0.0858. The molecular formula is C11H14N4O. The van der Waals surface area contributed by atoms with E-state index in [-0.39, 0.29) is 12.6 Å². The topological polar surface area (TPSA) is 73.0 Å². The highest BCUT2D eigenvalue weighted by Gasteiger charge is 2.23. The number of nitriles is 1. The summed E-state index contributed by atoms with van der Waals surface area (Å²) in [5.41, 5.74) is 0.368. The molecule has 1 aliphatic heterocycles. The molecule has 0 spiro atoms. The highest BCUT2D eigenvalue weighted by Crippen LogP contribution is 2.21. The van der Waals surface area contributed by atoms with E-state index in [1.165, 1.54) is 0 Å². The molecule has 1 aromatic rings. The van der Waals surface area contributed by atoms with E-state index in [0.29, 0.717) is 11.6 Å². The van der Waals surface area contributed by atoms with Crippen molar-refractivity contribution in [2.24, 2.45) is 0 Å². The third-order valence-electron chi connectivity index (χ3n) is 2.85. The van der Waals surface area contributed by atoms with Crippen LogP contribution in [0.3, 0.4) is 0 Å². The van der Waals surface area contributed by atoms with E-state index in [9.17, 15) is 5.11 Å². The quantitative estimate of drug-likeness (QED) is 0.791. The van der Waals surface area contributed by atoms with Crippen molar-refractivity contribution < 1.29 is 5.11 Å². The van der Waals surface area contributed by atoms with E-state index in [1.54, 1.807) is 12.3 Å². The first-order chi connectivity index (χ1) is 7.85. The van der Waals surface area contributed by atoms with Crippen molar-refractivity contribution in [1.82, 2.24) is 9.97 Å². The number of aliphatic hydroxyl groups is 1. The van der Waals surface area contributed by atoms with Crippen LogP contribution >= 0.6 is 0 Å². The number of anilines is 1. The molecule has 0 saturated carbocycles. The monoisotopic (exact) mass is 218 g/mol. The summed E-state index contributed by atoms with van der Waals surface area (Å²) in [5, 5.41) is 18.1. The molecule has 5 heteroatoms. The Morgan fingerprint density at radius 3 is 3.19 bits per heavy atom. The van der Waals surface area contributed by atoms with Gasteiger partial charge in [0.1, 0.15) is 11.8 Å². The normalized spacial score (nSPS) is 20.5. The summed E-state index contributed by atoms with van der Waals surface area (Å²) < 4.78 is 0. The number of rotatable bonds is 2. The molecule has 0 radical (unpaired) electrons. The summed E-state index contributed by atoms with van der Waals surface area (Å²) in [4.78, 5) is 10.3. The highest BCUT2D eigenvalue weighted by atomic mass is 16.3. The van der Waals surface area contributed by atoms with Crippen LogP contribution in [0.5, 0.6) is 0 Å². The number of piperidine rings is 1. The molecule has 0 aliphatic carbocycles. The van der Waals surface area contributed by atoms with Gasteiger partial charge in [0.25, 0.3) is 0 Å². The molecule has 0 bridgehead atoms. The Bertz CT molecular complexity index is 401. The average Bonchev–Trinajstić information content (AvgIpc) is 2.38. The minimum Gasteiger partial charge on any atom is -0.394 e. The van der Waals surface area contributed by atoms with Crippen molar-refractivity contribution >= 4 is 5.95 Å². The summed E-state index contributed by atoms with van der Waals surface area (Å²) in [6.07, 6.45) is 4.75. The van der Waals surface area contributed by atoms with Gasteiger partial charge in [-0.15, -0.1) is 0 Å².